The molecule has 0 amide bonds. The van der Waals surface area contributed by atoms with Crippen LogP contribution in [0.25, 0.3) is 0 Å². The molecule has 1 fully saturated rings. The molecule has 0 spiro atoms. The number of ether oxygens (including phenoxy) is 2. The number of aryl methyl sites for hydroxylation is 1. The van der Waals surface area contributed by atoms with Crippen LogP contribution in [0.2, 0.25) is 0 Å². The van der Waals surface area contributed by atoms with Gasteiger partial charge in [-0.3, -0.25) is 4.99 Å². The van der Waals surface area contributed by atoms with Crippen LogP contribution in [0, 0.1) is 6.92 Å². The lowest BCUT2D eigenvalue weighted by Crippen LogP contribution is -2.36. The van der Waals surface area contributed by atoms with E-state index in [2.05, 4.69) is 76.6 Å². The molecule has 1 aliphatic heterocycles. The third-order valence-electron chi connectivity index (χ3n) is 5.43. The maximum Gasteiger partial charge on any atom is 0.191 e. The van der Waals surface area contributed by atoms with E-state index in [1.807, 2.05) is 6.20 Å². The van der Waals surface area contributed by atoms with E-state index in [1.54, 1.807) is 7.05 Å². The van der Waals surface area contributed by atoms with Crippen molar-refractivity contribution in [3.63, 3.8) is 0 Å². The standard InChI is InChI=1S/C24H35N5O2/c1-5-29(6-2)23-10-8-19(14-26-23)15-27-24(25-4)28-16-20-9-7-18(3)13-22(20)31-21-11-12-30-17-21/h7-10,13-14,21H,5-6,11-12,15-17H2,1-4H3,(H2,25,27,28). The molecule has 2 aromatic rings. The van der Waals surface area contributed by atoms with Gasteiger partial charge in [-0.25, -0.2) is 4.98 Å². The largest absolute Gasteiger partial charge is 0.488 e. The molecule has 2 N–H and O–H groups in total. The second kappa shape index (κ2) is 11.6. The van der Waals surface area contributed by atoms with Crippen molar-refractivity contribution in [2.75, 3.05) is 38.3 Å². The van der Waals surface area contributed by atoms with E-state index in [4.69, 9.17) is 9.47 Å². The van der Waals surface area contributed by atoms with Gasteiger partial charge in [-0.2, -0.15) is 0 Å². The van der Waals surface area contributed by atoms with Crippen LogP contribution in [0.5, 0.6) is 5.75 Å². The molecular weight excluding hydrogens is 390 g/mol. The number of benzene rings is 1. The summed E-state index contributed by atoms with van der Waals surface area (Å²) in [5.74, 6) is 2.66. The second-order valence-corrected chi connectivity index (χ2v) is 7.69. The number of rotatable bonds is 9. The Labute approximate surface area is 185 Å². The zero-order valence-electron chi connectivity index (χ0n) is 19.1. The number of hydrogen-bond donors (Lipinski definition) is 2. The van der Waals surface area contributed by atoms with Crippen molar-refractivity contribution < 1.29 is 9.47 Å². The molecule has 1 atom stereocenters. The molecule has 168 valence electrons. The summed E-state index contributed by atoms with van der Waals surface area (Å²) in [6.45, 7) is 11.0. The Kier molecular flexibility index (Phi) is 8.53. The Hall–Kier alpha value is -2.80. The number of nitrogens with one attached hydrogen (secondary N) is 2. The fourth-order valence-corrected chi connectivity index (χ4v) is 3.54. The summed E-state index contributed by atoms with van der Waals surface area (Å²) in [5, 5.41) is 6.75. The minimum atomic E-state index is 0.129. The Morgan fingerprint density at radius 1 is 1.19 bits per heavy atom. The molecule has 7 nitrogen and oxygen atoms in total. The predicted molar refractivity (Wildman–Crippen MR) is 126 cm³/mol. The van der Waals surface area contributed by atoms with Crippen LogP contribution in [-0.2, 0) is 17.8 Å². The van der Waals surface area contributed by atoms with Crippen LogP contribution in [0.4, 0.5) is 5.82 Å². The fourth-order valence-electron chi connectivity index (χ4n) is 3.54. The number of hydrogen-bond acceptors (Lipinski definition) is 5. The summed E-state index contributed by atoms with van der Waals surface area (Å²) < 4.78 is 11.6. The van der Waals surface area contributed by atoms with Gasteiger partial charge in [0.05, 0.1) is 13.2 Å². The summed E-state index contributed by atoms with van der Waals surface area (Å²) >= 11 is 0. The van der Waals surface area contributed by atoms with Gasteiger partial charge in [0.1, 0.15) is 17.7 Å². The first-order chi connectivity index (χ1) is 15.1. The number of guanidine groups is 1. The molecule has 3 rings (SSSR count). The molecule has 7 heteroatoms. The lowest BCUT2D eigenvalue weighted by molar-refractivity contribution is 0.140. The van der Waals surface area contributed by atoms with Crippen LogP contribution in [-0.4, -0.2) is 50.4 Å². The number of pyridine rings is 1. The first-order valence-corrected chi connectivity index (χ1v) is 11.1. The molecule has 1 aliphatic rings. The van der Waals surface area contributed by atoms with Crippen molar-refractivity contribution in [2.45, 2.75) is 46.4 Å². The molecule has 1 aromatic heterocycles. The Morgan fingerprint density at radius 3 is 2.65 bits per heavy atom. The second-order valence-electron chi connectivity index (χ2n) is 7.69. The van der Waals surface area contributed by atoms with Gasteiger partial charge in [0.15, 0.2) is 5.96 Å². The van der Waals surface area contributed by atoms with Gasteiger partial charge in [-0.05, 0) is 44.0 Å². The van der Waals surface area contributed by atoms with Crippen molar-refractivity contribution in [1.82, 2.24) is 15.6 Å². The summed E-state index contributed by atoms with van der Waals surface area (Å²) in [4.78, 5) is 11.2. The van der Waals surface area contributed by atoms with E-state index in [1.165, 1.54) is 5.56 Å². The SMILES string of the molecule is CCN(CC)c1ccc(CNC(=NC)NCc2ccc(C)cc2OC2CCOC2)cn1. The van der Waals surface area contributed by atoms with Crippen LogP contribution in [0.15, 0.2) is 41.5 Å². The summed E-state index contributed by atoms with van der Waals surface area (Å²) in [5.41, 5.74) is 3.39. The van der Waals surface area contributed by atoms with E-state index in [-0.39, 0.29) is 6.10 Å². The van der Waals surface area contributed by atoms with E-state index in [0.29, 0.717) is 19.7 Å². The van der Waals surface area contributed by atoms with Gasteiger partial charge >= 0.3 is 0 Å². The van der Waals surface area contributed by atoms with Gasteiger partial charge in [0, 0.05) is 51.4 Å². The lowest BCUT2D eigenvalue weighted by Gasteiger charge is -2.20. The zero-order chi connectivity index (χ0) is 22.1. The Balaban J connectivity index is 1.55. The quantitative estimate of drug-likeness (QED) is 0.475. The molecular formula is C24H35N5O2. The molecule has 0 saturated carbocycles. The van der Waals surface area contributed by atoms with Crippen LogP contribution < -0.4 is 20.3 Å². The maximum atomic E-state index is 6.19. The predicted octanol–water partition coefficient (Wildman–Crippen LogP) is 3.27. The van der Waals surface area contributed by atoms with Gasteiger partial charge in [0.25, 0.3) is 0 Å². The highest BCUT2D eigenvalue weighted by Crippen LogP contribution is 2.23. The lowest BCUT2D eigenvalue weighted by atomic mass is 10.1. The van der Waals surface area contributed by atoms with Gasteiger partial charge < -0.3 is 25.0 Å². The van der Waals surface area contributed by atoms with E-state index >= 15 is 0 Å². The van der Waals surface area contributed by atoms with Crippen LogP contribution in [0.3, 0.4) is 0 Å². The Morgan fingerprint density at radius 2 is 2.00 bits per heavy atom. The maximum absolute atomic E-state index is 6.19. The normalized spacial score (nSPS) is 16.3. The third kappa shape index (κ3) is 6.59. The highest BCUT2D eigenvalue weighted by atomic mass is 16.5. The summed E-state index contributed by atoms with van der Waals surface area (Å²) in [6, 6.07) is 10.5. The Bertz CT molecular complexity index is 844. The van der Waals surface area contributed by atoms with E-state index < -0.39 is 0 Å². The highest BCUT2D eigenvalue weighted by Gasteiger charge is 2.18. The topological polar surface area (TPSA) is 71.0 Å². The first kappa shape index (κ1) is 22.9. The highest BCUT2D eigenvalue weighted by molar-refractivity contribution is 5.79. The molecule has 0 aliphatic carbocycles. The zero-order valence-corrected chi connectivity index (χ0v) is 19.1. The van der Waals surface area contributed by atoms with Crippen molar-refractivity contribution in [3.8, 4) is 5.75 Å². The van der Waals surface area contributed by atoms with Gasteiger partial charge in [-0.15, -0.1) is 0 Å². The molecule has 2 heterocycles. The monoisotopic (exact) mass is 425 g/mol. The molecule has 1 unspecified atom stereocenters. The van der Waals surface area contributed by atoms with E-state index in [9.17, 15) is 0 Å². The van der Waals surface area contributed by atoms with Crippen LogP contribution in [0.1, 0.15) is 37.0 Å². The summed E-state index contributed by atoms with van der Waals surface area (Å²) in [7, 11) is 1.78. The number of aliphatic imine (C=N–C) groups is 1. The van der Waals surface area contributed by atoms with Crippen molar-refractivity contribution in [2.24, 2.45) is 4.99 Å². The van der Waals surface area contributed by atoms with Crippen molar-refractivity contribution in [1.29, 1.82) is 0 Å². The third-order valence-corrected chi connectivity index (χ3v) is 5.43. The smallest absolute Gasteiger partial charge is 0.191 e. The van der Waals surface area contributed by atoms with E-state index in [0.717, 1.165) is 54.8 Å². The van der Waals surface area contributed by atoms with Gasteiger partial charge in [-0.1, -0.05) is 18.2 Å². The fraction of sp³-hybridized carbons (Fsp3) is 0.500. The number of aromatic nitrogens is 1. The number of anilines is 1. The molecule has 31 heavy (non-hydrogen) atoms. The average molecular weight is 426 g/mol. The molecule has 1 saturated heterocycles. The molecule has 0 radical (unpaired) electrons. The molecule has 1 aromatic carbocycles. The van der Waals surface area contributed by atoms with Crippen LogP contribution >= 0.6 is 0 Å². The minimum Gasteiger partial charge on any atom is -0.488 e. The number of nitrogens with zero attached hydrogens (tertiary/aromatic N) is 3. The van der Waals surface area contributed by atoms with Gasteiger partial charge in [0.2, 0.25) is 0 Å². The van der Waals surface area contributed by atoms with Crippen molar-refractivity contribution in [3.05, 3.63) is 53.2 Å². The summed E-state index contributed by atoms with van der Waals surface area (Å²) in [6.07, 6.45) is 2.99. The minimum absolute atomic E-state index is 0.129. The average Bonchev–Trinajstić information content (AvgIpc) is 3.30. The first-order valence-electron chi connectivity index (χ1n) is 11.1. The molecule has 0 bridgehead atoms. The van der Waals surface area contributed by atoms with Crippen molar-refractivity contribution >= 4 is 11.8 Å².